The summed E-state index contributed by atoms with van der Waals surface area (Å²) in [5.41, 5.74) is 2.82. The van der Waals surface area contributed by atoms with Crippen LogP contribution in [0, 0.1) is 10.1 Å². The van der Waals surface area contributed by atoms with E-state index in [1.165, 1.54) is 6.08 Å². The largest absolute Gasteiger partial charge is 0.355 e. The third-order valence-electron chi connectivity index (χ3n) is 2.94. The van der Waals surface area contributed by atoms with Gasteiger partial charge in [-0.3, -0.25) is 10.1 Å². The molecule has 1 aromatic carbocycles. The SMILES string of the molecule is O=C(C=Cc1ccccc1)ONc1cc([N+](=O)[O-])c2n[nH]nc2n1. The molecule has 0 saturated carbocycles. The minimum absolute atomic E-state index is 0.0147. The third-order valence-corrected chi connectivity index (χ3v) is 2.94. The number of benzene rings is 1. The van der Waals surface area contributed by atoms with Crippen LogP contribution in [-0.2, 0) is 9.63 Å². The molecule has 0 unspecified atom stereocenters. The first-order valence-corrected chi connectivity index (χ1v) is 6.69. The second kappa shape index (κ2) is 6.52. The molecule has 10 nitrogen and oxygen atoms in total. The highest BCUT2D eigenvalue weighted by molar-refractivity contribution is 5.88. The van der Waals surface area contributed by atoms with Crippen LogP contribution in [0.3, 0.4) is 0 Å². The molecule has 0 bridgehead atoms. The van der Waals surface area contributed by atoms with Crippen molar-refractivity contribution >= 4 is 34.7 Å². The summed E-state index contributed by atoms with van der Waals surface area (Å²) < 4.78 is 0. The lowest BCUT2D eigenvalue weighted by Crippen LogP contribution is -2.09. The fourth-order valence-corrected chi connectivity index (χ4v) is 1.88. The fourth-order valence-electron chi connectivity index (χ4n) is 1.88. The zero-order chi connectivity index (χ0) is 16.9. The lowest BCUT2D eigenvalue weighted by molar-refractivity contribution is -0.383. The van der Waals surface area contributed by atoms with Gasteiger partial charge in [0, 0.05) is 6.08 Å². The topological polar surface area (TPSA) is 136 Å². The highest BCUT2D eigenvalue weighted by Gasteiger charge is 2.19. The van der Waals surface area contributed by atoms with E-state index < -0.39 is 10.9 Å². The number of nitro groups is 1. The summed E-state index contributed by atoms with van der Waals surface area (Å²) in [4.78, 5) is 30.8. The number of aromatic nitrogens is 4. The molecule has 0 amide bonds. The Morgan fingerprint density at radius 3 is 2.83 bits per heavy atom. The highest BCUT2D eigenvalue weighted by Crippen LogP contribution is 2.23. The Morgan fingerprint density at radius 2 is 2.08 bits per heavy atom. The number of aromatic amines is 1. The molecule has 0 fully saturated rings. The van der Waals surface area contributed by atoms with E-state index in [0.717, 1.165) is 11.6 Å². The van der Waals surface area contributed by atoms with E-state index >= 15 is 0 Å². The lowest BCUT2D eigenvalue weighted by atomic mass is 10.2. The molecule has 0 saturated heterocycles. The second-order valence-electron chi connectivity index (χ2n) is 4.55. The van der Waals surface area contributed by atoms with E-state index in [-0.39, 0.29) is 22.7 Å². The van der Waals surface area contributed by atoms with E-state index in [1.54, 1.807) is 6.08 Å². The quantitative estimate of drug-likeness (QED) is 0.412. The average molecular weight is 326 g/mol. The summed E-state index contributed by atoms with van der Waals surface area (Å²) in [6.45, 7) is 0. The van der Waals surface area contributed by atoms with Crippen molar-refractivity contribution in [3.63, 3.8) is 0 Å². The summed E-state index contributed by atoms with van der Waals surface area (Å²) in [6, 6.07) is 10.3. The molecule has 0 radical (unpaired) electrons. The number of carbonyl (C=O) groups is 1. The van der Waals surface area contributed by atoms with Gasteiger partial charge in [-0.1, -0.05) is 30.3 Å². The molecule has 0 aliphatic heterocycles. The summed E-state index contributed by atoms with van der Waals surface area (Å²) in [5, 5.41) is 20.6. The molecule has 10 heteroatoms. The Labute approximate surface area is 134 Å². The predicted octanol–water partition coefficient (Wildman–Crippen LogP) is 1.84. The minimum Gasteiger partial charge on any atom is -0.337 e. The molecule has 3 rings (SSSR count). The van der Waals surface area contributed by atoms with Gasteiger partial charge in [0.2, 0.25) is 11.2 Å². The molecule has 2 heterocycles. The number of rotatable bonds is 5. The van der Waals surface area contributed by atoms with E-state index in [0.29, 0.717) is 0 Å². The second-order valence-corrected chi connectivity index (χ2v) is 4.55. The fraction of sp³-hybridized carbons (Fsp3) is 0. The van der Waals surface area contributed by atoms with E-state index in [2.05, 4.69) is 25.9 Å². The van der Waals surface area contributed by atoms with Gasteiger partial charge in [0.1, 0.15) is 0 Å². The van der Waals surface area contributed by atoms with Crippen LogP contribution in [0.5, 0.6) is 0 Å². The summed E-state index contributed by atoms with van der Waals surface area (Å²) >= 11 is 0. The van der Waals surface area contributed by atoms with Crippen molar-refractivity contribution in [3.8, 4) is 0 Å². The molecular weight excluding hydrogens is 316 g/mol. The zero-order valence-corrected chi connectivity index (χ0v) is 12.0. The highest BCUT2D eigenvalue weighted by atomic mass is 16.7. The van der Waals surface area contributed by atoms with Crippen LogP contribution < -0.4 is 5.48 Å². The lowest BCUT2D eigenvalue weighted by Gasteiger charge is -2.03. The zero-order valence-electron chi connectivity index (χ0n) is 12.0. The number of anilines is 1. The number of hydrogen-bond donors (Lipinski definition) is 2. The normalized spacial score (nSPS) is 10.8. The van der Waals surface area contributed by atoms with Gasteiger partial charge in [-0.15, -0.1) is 10.2 Å². The van der Waals surface area contributed by atoms with Crippen molar-refractivity contribution in [3.05, 3.63) is 58.2 Å². The molecule has 3 aromatic rings. The van der Waals surface area contributed by atoms with Crippen LogP contribution in [0.1, 0.15) is 5.56 Å². The van der Waals surface area contributed by atoms with Crippen LogP contribution >= 0.6 is 0 Å². The third kappa shape index (κ3) is 3.32. The van der Waals surface area contributed by atoms with Crippen LogP contribution in [0.25, 0.3) is 17.2 Å². The predicted molar refractivity (Wildman–Crippen MR) is 83.5 cm³/mol. The van der Waals surface area contributed by atoms with Crippen LogP contribution in [0.15, 0.2) is 42.5 Å². The Bertz CT molecular complexity index is 921. The number of carbonyl (C=O) groups excluding carboxylic acids is 1. The molecule has 0 aliphatic carbocycles. The summed E-state index contributed by atoms with van der Waals surface area (Å²) in [5.74, 6) is -0.729. The summed E-state index contributed by atoms with van der Waals surface area (Å²) in [7, 11) is 0. The number of nitrogens with one attached hydrogen (secondary N) is 2. The molecule has 0 atom stereocenters. The van der Waals surface area contributed by atoms with Crippen LogP contribution in [0.4, 0.5) is 11.5 Å². The number of H-pyrrole nitrogens is 1. The van der Waals surface area contributed by atoms with E-state index in [9.17, 15) is 14.9 Å². The van der Waals surface area contributed by atoms with Gasteiger partial charge in [0.25, 0.3) is 0 Å². The maximum Gasteiger partial charge on any atom is 0.355 e. The van der Waals surface area contributed by atoms with Gasteiger partial charge < -0.3 is 4.84 Å². The van der Waals surface area contributed by atoms with Crippen molar-refractivity contribution in [1.82, 2.24) is 20.4 Å². The van der Waals surface area contributed by atoms with Crippen molar-refractivity contribution < 1.29 is 14.6 Å². The standard InChI is InChI=1S/C14H10N6O4/c21-12(7-6-9-4-2-1-3-5-9)24-18-11-8-10(20(22)23)13-14(15-11)17-19-16-13/h1-8H,(H2,15,16,17,18,19). The summed E-state index contributed by atoms with van der Waals surface area (Å²) in [6.07, 6.45) is 2.78. The van der Waals surface area contributed by atoms with Gasteiger partial charge in [-0.25, -0.2) is 9.78 Å². The van der Waals surface area contributed by atoms with E-state index in [4.69, 9.17) is 4.84 Å². The number of hydrogen-bond acceptors (Lipinski definition) is 8. The Balaban J connectivity index is 1.70. The van der Waals surface area contributed by atoms with E-state index in [1.807, 2.05) is 30.3 Å². The number of fused-ring (bicyclic) bond motifs is 1. The van der Waals surface area contributed by atoms with Crippen molar-refractivity contribution in [2.24, 2.45) is 0 Å². The van der Waals surface area contributed by atoms with Gasteiger partial charge in [0.05, 0.1) is 11.0 Å². The first kappa shape index (κ1) is 15.1. The molecule has 120 valence electrons. The van der Waals surface area contributed by atoms with Gasteiger partial charge in [0.15, 0.2) is 5.82 Å². The first-order chi connectivity index (χ1) is 11.6. The Hall–Kier alpha value is -3.82. The van der Waals surface area contributed by atoms with Crippen LogP contribution in [-0.4, -0.2) is 31.3 Å². The minimum atomic E-state index is -0.691. The first-order valence-electron chi connectivity index (χ1n) is 6.69. The van der Waals surface area contributed by atoms with Gasteiger partial charge >= 0.3 is 11.7 Å². The van der Waals surface area contributed by atoms with Crippen molar-refractivity contribution in [2.45, 2.75) is 0 Å². The molecular formula is C14H10N6O4. The molecule has 2 aromatic heterocycles. The molecule has 2 N–H and O–H groups in total. The Kier molecular flexibility index (Phi) is 4.10. The molecule has 0 spiro atoms. The molecule has 24 heavy (non-hydrogen) atoms. The van der Waals surface area contributed by atoms with Crippen LogP contribution in [0.2, 0.25) is 0 Å². The maximum absolute atomic E-state index is 11.7. The van der Waals surface area contributed by atoms with Crippen molar-refractivity contribution in [1.29, 1.82) is 0 Å². The van der Waals surface area contributed by atoms with Gasteiger partial charge in [-0.05, 0) is 11.6 Å². The Morgan fingerprint density at radius 1 is 1.29 bits per heavy atom. The van der Waals surface area contributed by atoms with Gasteiger partial charge in [-0.2, -0.15) is 10.7 Å². The number of pyridine rings is 1. The maximum atomic E-state index is 11.7. The average Bonchev–Trinajstić information content (AvgIpc) is 3.06. The van der Waals surface area contributed by atoms with Crippen molar-refractivity contribution in [2.75, 3.05) is 5.48 Å². The molecule has 0 aliphatic rings. The number of nitrogens with zero attached hydrogens (tertiary/aromatic N) is 4. The smallest absolute Gasteiger partial charge is 0.337 e. The monoisotopic (exact) mass is 326 g/mol.